The highest BCUT2D eigenvalue weighted by molar-refractivity contribution is 6.49. The Kier molecular flexibility index (Phi) is 3.57. The van der Waals surface area contributed by atoms with E-state index < -0.39 is 17.4 Å². The molecule has 86 valence electrons. The number of phenols is 2. The van der Waals surface area contributed by atoms with Crippen LogP contribution in [0.15, 0.2) is 17.3 Å². The van der Waals surface area contributed by atoms with Gasteiger partial charge in [-0.2, -0.15) is 0 Å². The Morgan fingerprint density at radius 1 is 1.44 bits per heavy atom. The van der Waals surface area contributed by atoms with Crippen molar-refractivity contribution >= 4 is 23.2 Å². The van der Waals surface area contributed by atoms with Crippen LogP contribution in [0.5, 0.6) is 11.5 Å². The van der Waals surface area contributed by atoms with Gasteiger partial charge >= 0.3 is 0 Å². The van der Waals surface area contributed by atoms with Gasteiger partial charge < -0.3 is 20.7 Å². The van der Waals surface area contributed by atoms with Crippen LogP contribution in [0, 0.1) is 0 Å². The van der Waals surface area contributed by atoms with E-state index >= 15 is 0 Å². The van der Waals surface area contributed by atoms with Crippen LogP contribution in [0.2, 0.25) is 5.02 Å². The first-order chi connectivity index (χ1) is 7.52. The Morgan fingerprint density at radius 3 is 2.56 bits per heavy atom. The van der Waals surface area contributed by atoms with Gasteiger partial charge in [0.05, 0.1) is 5.02 Å². The van der Waals surface area contributed by atoms with Gasteiger partial charge in [0.25, 0.3) is 5.91 Å². The van der Waals surface area contributed by atoms with Crippen molar-refractivity contribution in [1.29, 1.82) is 0 Å². The summed E-state index contributed by atoms with van der Waals surface area (Å²) < 4.78 is 0. The van der Waals surface area contributed by atoms with Crippen LogP contribution in [0.1, 0.15) is 5.56 Å². The van der Waals surface area contributed by atoms with Gasteiger partial charge in [0.1, 0.15) is 0 Å². The number of aromatic hydroxyl groups is 2. The van der Waals surface area contributed by atoms with Crippen LogP contribution < -0.4 is 5.32 Å². The average Bonchev–Trinajstić information content (AvgIpc) is 2.29. The van der Waals surface area contributed by atoms with E-state index in [9.17, 15) is 9.90 Å². The van der Waals surface area contributed by atoms with Crippen LogP contribution in [-0.4, -0.2) is 34.1 Å². The molecule has 1 amide bonds. The molecule has 1 aromatic carbocycles. The lowest BCUT2D eigenvalue weighted by Gasteiger charge is -2.07. The topological polar surface area (TPSA) is 102 Å². The fraction of sp³-hybridized carbons (Fsp3) is 0.111. The van der Waals surface area contributed by atoms with Crippen LogP contribution in [-0.2, 0) is 4.79 Å². The van der Waals surface area contributed by atoms with Crippen molar-refractivity contribution in [1.82, 2.24) is 5.32 Å². The first kappa shape index (κ1) is 12.1. The molecule has 0 saturated carbocycles. The average molecular weight is 245 g/mol. The summed E-state index contributed by atoms with van der Waals surface area (Å²) >= 11 is 5.69. The monoisotopic (exact) mass is 244 g/mol. The number of oxime groups is 1. The number of halogens is 1. The first-order valence-corrected chi connectivity index (χ1v) is 4.55. The maximum absolute atomic E-state index is 11.3. The number of hydrogen-bond donors (Lipinski definition) is 4. The van der Waals surface area contributed by atoms with E-state index in [2.05, 4.69) is 10.5 Å². The molecule has 6 nitrogen and oxygen atoms in total. The predicted molar refractivity (Wildman–Crippen MR) is 57.2 cm³/mol. The van der Waals surface area contributed by atoms with E-state index in [4.69, 9.17) is 21.9 Å². The summed E-state index contributed by atoms with van der Waals surface area (Å²) in [5.74, 6) is -1.68. The van der Waals surface area contributed by atoms with Gasteiger partial charge in [0.15, 0.2) is 17.2 Å². The van der Waals surface area contributed by atoms with Gasteiger partial charge in [-0.1, -0.05) is 16.8 Å². The minimum Gasteiger partial charge on any atom is -0.504 e. The zero-order valence-corrected chi connectivity index (χ0v) is 8.99. The number of carbonyl (C=O) groups excluding carboxylic acids is 1. The molecule has 0 spiro atoms. The Hall–Kier alpha value is -1.95. The second-order valence-corrected chi connectivity index (χ2v) is 3.20. The van der Waals surface area contributed by atoms with Crippen LogP contribution in [0.25, 0.3) is 0 Å². The molecule has 0 aromatic heterocycles. The summed E-state index contributed by atoms with van der Waals surface area (Å²) in [6.07, 6.45) is 0. The molecule has 0 unspecified atom stereocenters. The highest BCUT2D eigenvalue weighted by Crippen LogP contribution is 2.35. The zero-order chi connectivity index (χ0) is 12.3. The summed E-state index contributed by atoms with van der Waals surface area (Å²) in [7, 11) is 1.35. The molecule has 16 heavy (non-hydrogen) atoms. The number of likely N-dealkylation sites (N-methyl/N-ethyl adjacent to an activating group) is 1. The molecule has 0 aliphatic rings. The zero-order valence-electron chi connectivity index (χ0n) is 8.23. The molecule has 0 aliphatic heterocycles. The molecule has 0 fully saturated rings. The fourth-order valence-electron chi connectivity index (χ4n) is 1.08. The maximum Gasteiger partial charge on any atom is 0.273 e. The van der Waals surface area contributed by atoms with Crippen molar-refractivity contribution < 1.29 is 20.2 Å². The van der Waals surface area contributed by atoms with Gasteiger partial charge in [-0.05, 0) is 12.1 Å². The van der Waals surface area contributed by atoms with Gasteiger partial charge in [-0.3, -0.25) is 4.79 Å². The quantitative estimate of drug-likeness (QED) is 0.266. The molecule has 0 heterocycles. The number of benzene rings is 1. The van der Waals surface area contributed by atoms with E-state index in [0.717, 1.165) is 6.07 Å². The Bertz CT molecular complexity index is 459. The molecule has 1 rings (SSSR count). The third kappa shape index (κ3) is 2.01. The lowest BCUT2D eigenvalue weighted by atomic mass is 10.1. The molecular formula is C9H9ClN2O4. The third-order valence-electron chi connectivity index (χ3n) is 1.89. The number of amides is 1. The third-order valence-corrected chi connectivity index (χ3v) is 2.27. The van der Waals surface area contributed by atoms with E-state index in [1.54, 1.807) is 0 Å². The fourth-order valence-corrected chi connectivity index (χ4v) is 1.33. The summed E-state index contributed by atoms with van der Waals surface area (Å²) in [5.41, 5.74) is -0.346. The number of hydrogen-bond acceptors (Lipinski definition) is 5. The van der Waals surface area contributed by atoms with Crippen molar-refractivity contribution in [3.8, 4) is 11.5 Å². The van der Waals surface area contributed by atoms with Crippen molar-refractivity contribution in [3.05, 3.63) is 22.7 Å². The van der Waals surface area contributed by atoms with Gasteiger partial charge in [0, 0.05) is 12.6 Å². The lowest BCUT2D eigenvalue weighted by Crippen LogP contribution is -2.28. The number of nitrogens with one attached hydrogen (secondary N) is 1. The molecule has 0 radical (unpaired) electrons. The smallest absolute Gasteiger partial charge is 0.273 e. The van der Waals surface area contributed by atoms with Gasteiger partial charge in [-0.15, -0.1) is 0 Å². The van der Waals surface area contributed by atoms with Crippen molar-refractivity contribution in [3.63, 3.8) is 0 Å². The number of nitrogens with zero attached hydrogens (tertiary/aromatic N) is 1. The largest absolute Gasteiger partial charge is 0.504 e. The number of carbonyl (C=O) groups is 1. The summed E-state index contributed by atoms with van der Waals surface area (Å²) in [6, 6.07) is 2.38. The molecular weight excluding hydrogens is 236 g/mol. The minimum atomic E-state index is -0.672. The minimum absolute atomic E-state index is 0.0128. The van der Waals surface area contributed by atoms with Crippen LogP contribution >= 0.6 is 11.6 Å². The highest BCUT2D eigenvalue weighted by Gasteiger charge is 2.20. The van der Waals surface area contributed by atoms with Crippen LogP contribution in [0.4, 0.5) is 0 Å². The molecule has 4 N–H and O–H groups in total. The van der Waals surface area contributed by atoms with E-state index in [1.807, 2.05) is 0 Å². The van der Waals surface area contributed by atoms with Crippen molar-refractivity contribution in [2.75, 3.05) is 7.05 Å². The van der Waals surface area contributed by atoms with Crippen molar-refractivity contribution in [2.45, 2.75) is 0 Å². The standard InChI is InChI=1S/C9H9ClN2O4/c1-11-9(15)7(12-16)4-2-3-5(13)8(14)6(4)10/h2-3,13-14,16H,1H3,(H,11,15). The maximum atomic E-state index is 11.3. The molecule has 1 aromatic rings. The number of rotatable bonds is 2. The van der Waals surface area contributed by atoms with Gasteiger partial charge in [0.2, 0.25) is 0 Å². The Balaban J connectivity index is 3.34. The summed E-state index contributed by atoms with van der Waals surface area (Å²) in [4.78, 5) is 11.3. The number of phenolic OH excluding ortho intramolecular Hbond substituents is 2. The molecule has 0 aliphatic carbocycles. The summed E-state index contributed by atoms with van der Waals surface area (Å²) in [5, 5.41) is 31.9. The molecule has 0 atom stereocenters. The first-order valence-electron chi connectivity index (χ1n) is 4.17. The lowest BCUT2D eigenvalue weighted by molar-refractivity contribution is -0.114. The predicted octanol–water partition coefficient (Wildman–Crippen LogP) is 0.675. The summed E-state index contributed by atoms with van der Waals surface area (Å²) in [6.45, 7) is 0. The Morgan fingerprint density at radius 2 is 2.06 bits per heavy atom. The molecule has 0 bridgehead atoms. The Labute approximate surface area is 95.8 Å². The van der Waals surface area contributed by atoms with E-state index in [1.165, 1.54) is 13.1 Å². The normalized spacial score (nSPS) is 11.2. The SMILES string of the molecule is CNC(=O)C(=NO)c1ccc(O)c(O)c1Cl. The van der Waals surface area contributed by atoms with Gasteiger partial charge in [-0.25, -0.2) is 0 Å². The van der Waals surface area contributed by atoms with E-state index in [-0.39, 0.29) is 16.3 Å². The van der Waals surface area contributed by atoms with Crippen LogP contribution in [0.3, 0.4) is 0 Å². The molecule has 7 heteroatoms. The highest BCUT2D eigenvalue weighted by atomic mass is 35.5. The second-order valence-electron chi connectivity index (χ2n) is 2.82. The van der Waals surface area contributed by atoms with Crippen molar-refractivity contribution in [2.24, 2.45) is 5.16 Å². The molecule has 0 saturated heterocycles. The van der Waals surface area contributed by atoms with E-state index in [0.29, 0.717) is 0 Å². The second kappa shape index (κ2) is 4.71.